The normalized spacial score (nSPS) is 10.0. The number of hydrogen-bond acceptors (Lipinski definition) is 5. The van der Waals surface area contributed by atoms with Gasteiger partial charge in [-0.05, 0) is 36.2 Å². The van der Waals surface area contributed by atoms with E-state index in [4.69, 9.17) is 9.47 Å². The molecule has 0 aromatic heterocycles. The predicted octanol–water partition coefficient (Wildman–Crippen LogP) is 3.15. The SMILES string of the molecule is C=CCc1cc(C(=O)NCc2ccc(C(=O)OC)cc2)cc(OC)c1OC. The molecule has 27 heavy (non-hydrogen) atoms. The Morgan fingerprint density at radius 3 is 2.30 bits per heavy atom. The van der Waals surface area contributed by atoms with Gasteiger partial charge in [-0.2, -0.15) is 0 Å². The van der Waals surface area contributed by atoms with E-state index in [1.165, 1.54) is 14.2 Å². The Kier molecular flexibility index (Phi) is 7.00. The number of carbonyl (C=O) groups excluding carboxylic acids is 2. The van der Waals surface area contributed by atoms with Crippen molar-refractivity contribution < 1.29 is 23.8 Å². The van der Waals surface area contributed by atoms with Crippen LogP contribution in [-0.2, 0) is 17.7 Å². The second kappa shape index (κ2) is 9.43. The van der Waals surface area contributed by atoms with E-state index >= 15 is 0 Å². The number of methoxy groups -OCH3 is 3. The molecule has 2 rings (SSSR count). The monoisotopic (exact) mass is 369 g/mol. The Balaban J connectivity index is 2.14. The second-order valence-electron chi connectivity index (χ2n) is 5.73. The third-order valence-electron chi connectivity index (χ3n) is 4.01. The van der Waals surface area contributed by atoms with Crippen LogP contribution in [0.3, 0.4) is 0 Å². The molecule has 0 bridgehead atoms. The van der Waals surface area contributed by atoms with Crippen molar-refractivity contribution in [3.05, 3.63) is 71.3 Å². The average molecular weight is 369 g/mol. The minimum absolute atomic E-state index is 0.238. The fraction of sp³-hybridized carbons (Fsp3) is 0.238. The van der Waals surface area contributed by atoms with Crippen LogP contribution in [0.4, 0.5) is 0 Å². The van der Waals surface area contributed by atoms with E-state index in [-0.39, 0.29) is 5.91 Å². The molecule has 0 unspecified atom stereocenters. The van der Waals surface area contributed by atoms with Gasteiger partial charge in [0.25, 0.3) is 5.91 Å². The molecule has 0 heterocycles. The number of benzene rings is 2. The third kappa shape index (κ3) is 4.88. The molecule has 0 aliphatic heterocycles. The smallest absolute Gasteiger partial charge is 0.337 e. The Hall–Kier alpha value is -3.28. The zero-order valence-electron chi connectivity index (χ0n) is 15.7. The molecule has 2 aromatic carbocycles. The predicted molar refractivity (Wildman–Crippen MR) is 102 cm³/mol. The molecule has 2 aromatic rings. The maximum atomic E-state index is 12.6. The van der Waals surface area contributed by atoms with Crippen LogP contribution >= 0.6 is 0 Å². The fourth-order valence-corrected chi connectivity index (χ4v) is 2.64. The molecule has 0 saturated carbocycles. The summed E-state index contributed by atoms with van der Waals surface area (Å²) >= 11 is 0. The van der Waals surface area contributed by atoms with E-state index < -0.39 is 5.97 Å². The van der Waals surface area contributed by atoms with E-state index in [2.05, 4.69) is 16.6 Å². The second-order valence-corrected chi connectivity index (χ2v) is 5.73. The molecule has 0 aliphatic rings. The lowest BCUT2D eigenvalue weighted by Gasteiger charge is -2.14. The summed E-state index contributed by atoms with van der Waals surface area (Å²) in [6.07, 6.45) is 2.29. The van der Waals surface area contributed by atoms with Crippen molar-refractivity contribution in [2.24, 2.45) is 0 Å². The molecule has 0 radical (unpaired) electrons. The molecule has 1 N–H and O–H groups in total. The maximum absolute atomic E-state index is 12.6. The lowest BCUT2D eigenvalue weighted by molar-refractivity contribution is 0.0600. The van der Waals surface area contributed by atoms with Crippen molar-refractivity contribution in [2.75, 3.05) is 21.3 Å². The Bertz CT molecular complexity index is 827. The van der Waals surface area contributed by atoms with Crippen LogP contribution in [0, 0.1) is 0 Å². The van der Waals surface area contributed by atoms with Crippen LogP contribution in [-0.4, -0.2) is 33.2 Å². The molecule has 1 amide bonds. The fourth-order valence-electron chi connectivity index (χ4n) is 2.64. The Morgan fingerprint density at radius 1 is 1.04 bits per heavy atom. The van der Waals surface area contributed by atoms with Gasteiger partial charge in [-0.15, -0.1) is 6.58 Å². The van der Waals surface area contributed by atoms with Crippen molar-refractivity contribution in [1.82, 2.24) is 5.32 Å². The lowest BCUT2D eigenvalue weighted by Crippen LogP contribution is -2.23. The van der Waals surface area contributed by atoms with Crippen molar-refractivity contribution in [1.29, 1.82) is 0 Å². The number of allylic oxidation sites excluding steroid dienone is 1. The first-order valence-electron chi connectivity index (χ1n) is 8.35. The first-order chi connectivity index (χ1) is 13.0. The van der Waals surface area contributed by atoms with Crippen LogP contribution in [0.5, 0.6) is 11.5 Å². The van der Waals surface area contributed by atoms with Crippen molar-refractivity contribution >= 4 is 11.9 Å². The van der Waals surface area contributed by atoms with E-state index in [9.17, 15) is 9.59 Å². The van der Waals surface area contributed by atoms with Gasteiger partial charge in [-0.1, -0.05) is 18.2 Å². The van der Waals surface area contributed by atoms with Crippen molar-refractivity contribution in [3.8, 4) is 11.5 Å². The van der Waals surface area contributed by atoms with Gasteiger partial charge in [0.1, 0.15) is 0 Å². The third-order valence-corrected chi connectivity index (χ3v) is 4.01. The van der Waals surface area contributed by atoms with Gasteiger partial charge in [-0.25, -0.2) is 4.79 Å². The molecule has 142 valence electrons. The molecule has 0 spiro atoms. The van der Waals surface area contributed by atoms with Crippen LogP contribution < -0.4 is 14.8 Å². The van der Waals surface area contributed by atoms with Crippen LogP contribution in [0.1, 0.15) is 31.8 Å². The summed E-state index contributed by atoms with van der Waals surface area (Å²) in [7, 11) is 4.42. The Labute approximate surface area is 158 Å². The summed E-state index contributed by atoms with van der Waals surface area (Å²) < 4.78 is 15.4. The summed E-state index contributed by atoms with van der Waals surface area (Å²) in [6, 6.07) is 10.3. The zero-order chi connectivity index (χ0) is 19.8. The largest absolute Gasteiger partial charge is 0.493 e. The highest BCUT2D eigenvalue weighted by atomic mass is 16.5. The number of amides is 1. The van der Waals surface area contributed by atoms with E-state index in [1.807, 2.05) is 0 Å². The first kappa shape index (κ1) is 20.0. The number of ether oxygens (including phenoxy) is 3. The van der Waals surface area contributed by atoms with Gasteiger partial charge < -0.3 is 19.5 Å². The Morgan fingerprint density at radius 2 is 1.74 bits per heavy atom. The van der Waals surface area contributed by atoms with E-state index in [1.54, 1.807) is 49.6 Å². The average Bonchev–Trinajstić information content (AvgIpc) is 2.71. The highest BCUT2D eigenvalue weighted by molar-refractivity contribution is 5.95. The molecular weight excluding hydrogens is 346 g/mol. The number of rotatable bonds is 8. The molecule has 0 aliphatic carbocycles. The van der Waals surface area contributed by atoms with Crippen molar-refractivity contribution in [3.63, 3.8) is 0 Å². The van der Waals surface area contributed by atoms with Crippen LogP contribution in [0.25, 0.3) is 0 Å². The number of nitrogens with one attached hydrogen (secondary N) is 1. The van der Waals surface area contributed by atoms with Crippen LogP contribution in [0.2, 0.25) is 0 Å². The van der Waals surface area contributed by atoms with Crippen LogP contribution in [0.15, 0.2) is 49.1 Å². The van der Waals surface area contributed by atoms with Gasteiger partial charge in [0.05, 0.1) is 26.9 Å². The first-order valence-corrected chi connectivity index (χ1v) is 8.35. The summed E-state index contributed by atoms with van der Waals surface area (Å²) in [5, 5.41) is 2.86. The van der Waals surface area contributed by atoms with Crippen molar-refractivity contribution in [2.45, 2.75) is 13.0 Å². The van der Waals surface area contributed by atoms with Gasteiger partial charge in [-0.3, -0.25) is 4.79 Å². The number of esters is 1. The van der Waals surface area contributed by atoms with Gasteiger partial charge >= 0.3 is 5.97 Å². The van der Waals surface area contributed by atoms with Gasteiger partial charge in [0.2, 0.25) is 0 Å². The molecule has 6 heteroatoms. The highest BCUT2D eigenvalue weighted by Crippen LogP contribution is 2.33. The molecule has 0 saturated heterocycles. The van der Waals surface area contributed by atoms with E-state index in [0.29, 0.717) is 35.6 Å². The minimum atomic E-state index is -0.398. The summed E-state index contributed by atoms with van der Waals surface area (Å²) in [6.45, 7) is 4.06. The maximum Gasteiger partial charge on any atom is 0.337 e. The molecule has 0 fully saturated rings. The minimum Gasteiger partial charge on any atom is -0.493 e. The quantitative estimate of drug-likeness (QED) is 0.572. The summed E-state index contributed by atoms with van der Waals surface area (Å²) in [5.74, 6) is 0.445. The highest BCUT2D eigenvalue weighted by Gasteiger charge is 2.15. The van der Waals surface area contributed by atoms with Gasteiger partial charge in [0, 0.05) is 17.7 Å². The number of hydrogen-bond donors (Lipinski definition) is 1. The topological polar surface area (TPSA) is 73.9 Å². The lowest BCUT2D eigenvalue weighted by atomic mass is 10.0. The number of carbonyl (C=O) groups is 2. The molecule has 6 nitrogen and oxygen atoms in total. The summed E-state index contributed by atoms with van der Waals surface area (Å²) in [4.78, 5) is 24.0. The standard InChI is InChI=1S/C21H23NO5/c1-5-6-16-11-17(12-18(25-2)19(16)26-3)20(23)22-13-14-7-9-15(10-8-14)21(24)27-4/h5,7-12H,1,6,13H2,2-4H3,(H,22,23). The van der Waals surface area contributed by atoms with Gasteiger partial charge in [0.15, 0.2) is 11.5 Å². The van der Waals surface area contributed by atoms with E-state index in [0.717, 1.165) is 11.1 Å². The molecule has 0 atom stereocenters. The summed E-state index contributed by atoms with van der Waals surface area (Å²) in [5.41, 5.74) is 2.61. The zero-order valence-corrected chi connectivity index (χ0v) is 15.7. The molecular formula is C21H23NO5.